The molecule has 0 saturated carbocycles. The van der Waals surface area contributed by atoms with Gasteiger partial charge < -0.3 is 9.15 Å². The van der Waals surface area contributed by atoms with Crippen LogP contribution in [-0.4, -0.2) is 29.2 Å². The van der Waals surface area contributed by atoms with Crippen LogP contribution in [0.15, 0.2) is 75.9 Å². The molecule has 0 bridgehead atoms. The molecule has 0 saturated heterocycles. The highest BCUT2D eigenvalue weighted by atomic mass is 35.5. The molecule has 1 aliphatic heterocycles. The largest absolute Gasteiger partial charge is 0.452 e. The minimum Gasteiger partial charge on any atom is -0.452 e. The molecule has 7 nitrogen and oxygen atoms in total. The Kier molecular flexibility index (Phi) is 6.16. The van der Waals surface area contributed by atoms with E-state index in [4.69, 9.17) is 20.8 Å². The van der Waals surface area contributed by atoms with Crippen molar-refractivity contribution in [2.75, 3.05) is 6.54 Å². The third-order valence-electron chi connectivity index (χ3n) is 6.06. The number of imide groups is 1. The number of amides is 2. The summed E-state index contributed by atoms with van der Waals surface area (Å²) < 4.78 is 11.5. The Bertz CT molecular complexity index is 1550. The SMILES string of the molecule is CCc1ccc2oc(-c3ccc(Cl)cc3)c(OC(=O)CCN3C(=O)c4ccccc4C3=O)c(=O)c2c1. The summed E-state index contributed by atoms with van der Waals surface area (Å²) in [5.41, 5.74) is 1.88. The summed E-state index contributed by atoms with van der Waals surface area (Å²) in [7, 11) is 0. The van der Waals surface area contributed by atoms with Crippen LogP contribution in [-0.2, 0) is 11.2 Å². The van der Waals surface area contributed by atoms with Crippen LogP contribution in [0.3, 0.4) is 0 Å². The van der Waals surface area contributed by atoms with Gasteiger partial charge in [-0.15, -0.1) is 0 Å². The average Bonchev–Trinajstić information content (AvgIpc) is 3.14. The molecule has 0 aliphatic carbocycles. The van der Waals surface area contributed by atoms with Gasteiger partial charge in [0.25, 0.3) is 11.8 Å². The van der Waals surface area contributed by atoms with Crippen molar-refractivity contribution in [2.24, 2.45) is 0 Å². The number of halogens is 1. The molecule has 3 aromatic carbocycles. The number of carbonyl (C=O) groups is 3. The molecule has 8 heteroatoms. The third-order valence-corrected chi connectivity index (χ3v) is 6.31. The molecule has 2 heterocycles. The van der Waals surface area contributed by atoms with Crippen molar-refractivity contribution >= 4 is 40.4 Å². The van der Waals surface area contributed by atoms with Crippen molar-refractivity contribution in [1.29, 1.82) is 0 Å². The van der Waals surface area contributed by atoms with Crippen LogP contribution >= 0.6 is 11.6 Å². The Morgan fingerprint density at radius 3 is 2.25 bits per heavy atom. The fraction of sp³-hybridized carbons (Fsp3) is 0.143. The van der Waals surface area contributed by atoms with E-state index in [0.717, 1.165) is 10.5 Å². The van der Waals surface area contributed by atoms with Crippen LogP contribution in [0.4, 0.5) is 0 Å². The van der Waals surface area contributed by atoms with Gasteiger partial charge in [0.05, 0.1) is 22.9 Å². The fourth-order valence-corrected chi connectivity index (χ4v) is 4.27. The fourth-order valence-electron chi connectivity index (χ4n) is 4.14. The van der Waals surface area contributed by atoms with Gasteiger partial charge in [0.15, 0.2) is 5.76 Å². The van der Waals surface area contributed by atoms with Gasteiger partial charge in [-0.3, -0.25) is 24.1 Å². The molecule has 0 unspecified atom stereocenters. The molecule has 1 aromatic heterocycles. The Hall–Kier alpha value is -4.23. The molecule has 180 valence electrons. The lowest BCUT2D eigenvalue weighted by atomic mass is 10.1. The Morgan fingerprint density at radius 2 is 1.61 bits per heavy atom. The Morgan fingerprint density at radius 1 is 0.944 bits per heavy atom. The van der Waals surface area contributed by atoms with Crippen molar-refractivity contribution < 1.29 is 23.5 Å². The van der Waals surface area contributed by atoms with Gasteiger partial charge >= 0.3 is 5.97 Å². The van der Waals surface area contributed by atoms with E-state index in [1.54, 1.807) is 60.7 Å². The van der Waals surface area contributed by atoms with Gasteiger partial charge in [0.1, 0.15) is 5.58 Å². The van der Waals surface area contributed by atoms with Crippen molar-refractivity contribution in [1.82, 2.24) is 4.90 Å². The molecule has 0 radical (unpaired) electrons. The monoisotopic (exact) mass is 501 g/mol. The number of aryl methyl sites for hydroxylation is 1. The molecule has 0 fully saturated rings. The molecule has 2 amide bonds. The van der Waals surface area contributed by atoms with E-state index >= 15 is 0 Å². The molecule has 5 rings (SSSR count). The van der Waals surface area contributed by atoms with Crippen molar-refractivity contribution in [3.8, 4) is 17.1 Å². The summed E-state index contributed by atoms with van der Waals surface area (Å²) in [6.07, 6.45) is 0.418. The van der Waals surface area contributed by atoms with E-state index in [2.05, 4.69) is 0 Å². The van der Waals surface area contributed by atoms with Gasteiger partial charge in [-0.1, -0.05) is 36.7 Å². The summed E-state index contributed by atoms with van der Waals surface area (Å²) in [4.78, 5) is 52.4. The van der Waals surface area contributed by atoms with Crippen molar-refractivity contribution in [3.05, 3.63) is 98.7 Å². The van der Waals surface area contributed by atoms with E-state index in [9.17, 15) is 19.2 Å². The zero-order valence-corrected chi connectivity index (χ0v) is 20.0. The summed E-state index contributed by atoms with van der Waals surface area (Å²) in [6.45, 7) is 1.78. The van der Waals surface area contributed by atoms with E-state index < -0.39 is 23.2 Å². The second-order valence-electron chi connectivity index (χ2n) is 8.31. The van der Waals surface area contributed by atoms with Crippen LogP contribution < -0.4 is 10.2 Å². The Labute approximate surface area is 210 Å². The lowest BCUT2D eigenvalue weighted by molar-refractivity contribution is -0.134. The van der Waals surface area contributed by atoms with Gasteiger partial charge in [-0.25, -0.2) is 0 Å². The maximum absolute atomic E-state index is 13.4. The molecule has 36 heavy (non-hydrogen) atoms. The summed E-state index contributed by atoms with van der Waals surface area (Å²) in [6, 6.07) is 18.3. The van der Waals surface area contributed by atoms with Crippen LogP contribution in [0.25, 0.3) is 22.3 Å². The van der Waals surface area contributed by atoms with Crippen LogP contribution in [0.2, 0.25) is 5.02 Å². The number of carbonyl (C=O) groups excluding carboxylic acids is 3. The maximum atomic E-state index is 13.4. The minimum atomic E-state index is -0.778. The lowest BCUT2D eigenvalue weighted by Crippen LogP contribution is -2.32. The van der Waals surface area contributed by atoms with Gasteiger partial charge in [-0.2, -0.15) is 0 Å². The topological polar surface area (TPSA) is 93.9 Å². The second-order valence-corrected chi connectivity index (χ2v) is 8.75. The minimum absolute atomic E-state index is 0.0856. The van der Waals surface area contributed by atoms with E-state index in [1.807, 2.05) is 13.0 Å². The predicted octanol–water partition coefficient (Wildman–Crippen LogP) is 5.27. The first-order valence-electron chi connectivity index (χ1n) is 11.4. The summed E-state index contributed by atoms with van der Waals surface area (Å²) in [5, 5.41) is 0.782. The van der Waals surface area contributed by atoms with Gasteiger partial charge in [-0.05, 0) is 60.5 Å². The van der Waals surface area contributed by atoms with Gasteiger partial charge in [0.2, 0.25) is 11.2 Å². The molecular weight excluding hydrogens is 482 g/mol. The lowest BCUT2D eigenvalue weighted by Gasteiger charge is -2.14. The number of hydrogen-bond donors (Lipinski definition) is 0. The summed E-state index contributed by atoms with van der Waals surface area (Å²) >= 11 is 6.01. The first-order valence-corrected chi connectivity index (χ1v) is 11.8. The number of ether oxygens (including phenoxy) is 1. The van der Waals surface area contributed by atoms with Crippen molar-refractivity contribution in [3.63, 3.8) is 0 Å². The first-order chi connectivity index (χ1) is 17.4. The standard InChI is InChI=1S/C28H20ClNO6/c1-2-16-7-12-22-21(15-16)24(32)26(25(35-22)17-8-10-18(29)11-9-17)36-23(31)13-14-30-27(33)19-5-3-4-6-20(19)28(30)34/h3-12,15H,2,13-14H2,1H3. The predicted molar refractivity (Wildman–Crippen MR) is 134 cm³/mol. The zero-order chi connectivity index (χ0) is 25.4. The molecule has 0 N–H and O–H groups in total. The number of esters is 1. The zero-order valence-electron chi connectivity index (χ0n) is 19.2. The third kappa shape index (κ3) is 4.18. The highest BCUT2D eigenvalue weighted by Crippen LogP contribution is 2.32. The average molecular weight is 502 g/mol. The van der Waals surface area contributed by atoms with Gasteiger partial charge in [0, 0.05) is 17.1 Å². The number of hydrogen-bond acceptors (Lipinski definition) is 6. The molecule has 0 spiro atoms. The first kappa shape index (κ1) is 23.5. The van der Waals surface area contributed by atoms with Crippen LogP contribution in [0.1, 0.15) is 39.6 Å². The molecular formula is C28H20ClNO6. The smallest absolute Gasteiger partial charge is 0.313 e. The number of nitrogens with zero attached hydrogens (tertiary/aromatic N) is 1. The normalized spacial score (nSPS) is 12.8. The number of rotatable bonds is 6. The molecule has 1 aliphatic rings. The number of benzene rings is 3. The second kappa shape index (κ2) is 9.43. The maximum Gasteiger partial charge on any atom is 0.313 e. The highest BCUT2D eigenvalue weighted by molar-refractivity contribution is 6.30. The summed E-state index contributed by atoms with van der Waals surface area (Å²) in [5.74, 6) is -1.89. The molecule has 4 aromatic rings. The number of fused-ring (bicyclic) bond motifs is 2. The van der Waals surface area contributed by atoms with Crippen LogP contribution in [0, 0.1) is 0 Å². The van der Waals surface area contributed by atoms with E-state index in [1.165, 1.54) is 0 Å². The molecule has 0 atom stereocenters. The van der Waals surface area contributed by atoms with E-state index in [0.29, 0.717) is 33.7 Å². The van der Waals surface area contributed by atoms with E-state index in [-0.39, 0.29) is 29.9 Å². The van der Waals surface area contributed by atoms with Crippen molar-refractivity contribution in [2.45, 2.75) is 19.8 Å². The highest BCUT2D eigenvalue weighted by Gasteiger charge is 2.35. The quantitative estimate of drug-likeness (QED) is 0.264. The Balaban J connectivity index is 1.45. The van der Waals surface area contributed by atoms with Crippen LogP contribution in [0.5, 0.6) is 5.75 Å².